The van der Waals surface area contributed by atoms with E-state index in [0.717, 1.165) is 11.6 Å². The van der Waals surface area contributed by atoms with Crippen LogP contribution in [0, 0.1) is 15.9 Å². The van der Waals surface area contributed by atoms with Crippen molar-refractivity contribution >= 4 is 11.7 Å². The second-order valence-corrected chi connectivity index (χ2v) is 6.61. The first-order valence-electron chi connectivity index (χ1n) is 9.07. The van der Waals surface area contributed by atoms with Crippen LogP contribution in [0.5, 0.6) is 5.75 Å². The Kier molecular flexibility index (Phi) is 5.40. The van der Waals surface area contributed by atoms with Gasteiger partial charge in [0, 0.05) is 28.8 Å². The number of non-ortho nitro benzene ring substituents is 1. The number of nitro groups is 1. The highest BCUT2D eigenvalue weighted by Crippen LogP contribution is 2.37. The Morgan fingerprint density at radius 2 is 1.93 bits per heavy atom. The monoisotopic (exact) mass is 409 g/mol. The molecule has 0 bridgehead atoms. The summed E-state index contributed by atoms with van der Waals surface area (Å²) in [7, 11) is 0. The lowest BCUT2D eigenvalue weighted by Gasteiger charge is -2.28. The smallest absolute Gasteiger partial charge is 0.338 e. The number of hydrogen-bond acceptors (Lipinski definition) is 6. The van der Waals surface area contributed by atoms with E-state index in [1.807, 2.05) is 30.3 Å². The topological polar surface area (TPSA) is 87.9 Å². The van der Waals surface area contributed by atoms with Crippen LogP contribution in [-0.4, -0.2) is 10.9 Å². The summed E-state index contributed by atoms with van der Waals surface area (Å²) < 4.78 is 30.9. The molecular weight excluding hydrogens is 393 g/mol. The molecule has 0 aromatic heterocycles. The lowest BCUT2D eigenvalue weighted by atomic mass is 10.1. The van der Waals surface area contributed by atoms with Gasteiger partial charge in [-0.05, 0) is 18.2 Å². The van der Waals surface area contributed by atoms with Crippen molar-refractivity contribution in [3.63, 3.8) is 0 Å². The van der Waals surface area contributed by atoms with Gasteiger partial charge in [0.15, 0.2) is 0 Å². The van der Waals surface area contributed by atoms with E-state index >= 15 is 0 Å². The number of hydrogen-bond donors (Lipinski definition) is 0. The fourth-order valence-corrected chi connectivity index (χ4v) is 3.13. The van der Waals surface area contributed by atoms with Crippen LogP contribution in [0.2, 0.25) is 0 Å². The van der Waals surface area contributed by atoms with E-state index in [4.69, 9.17) is 14.2 Å². The average molecular weight is 409 g/mol. The van der Waals surface area contributed by atoms with Crippen LogP contribution in [0.1, 0.15) is 33.3 Å². The molecule has 1 aliphatic heterocycles. The summed E-state index contributed by atoms with van der Waals surface area (Å²) in [5.41, 5.74) is 1.45. The number of fused-ring (bicyclic) bond motifs is 1. The maximum absolute atomic E-state index is 14.0. The van der Waals surface area contributed by atoms with Crippen molar-refractivity contribution in [2.75, 3.05) is 0 Å². The van der Waals surface area contributed by atoms with Gasteiger partial charge in [0.2, 0.25) is 6.29 Å². The molecule has 0 saturated heterocycles. The van der Waals surface area contributed by atoms with Gasteiger partial charge < -0.3 is 14.2 Å². The molecule has 0 fully saturated rings. The molecule has 3 aromatic carbocycles. The van der Waals surface area contributed by atoms with Crippen molar-refractivity contribution in [2.24, 2.45) is 0 Å². The zero-order valence-electron chi connectivity index (χ0n) is 15.6. The number of esters is 1. The first-order valence-corrected chi connectivity index (χ1v) is 9.07. The summed E-state index contributed by atoms with van der Waals surface area (Å²) >= 11 is 0. The largest absolute Gasteiger partial charge is 0.460 e. The van der Waals surface area contributed by atoms with Crippen molar-refractivity contribution < 1.29 is 28.3 Å². The molecule has 30 heavy (non-hydrogen) atoms. The number of benzene rings is 3. The van der Waals surface area contributed by atoms with Crippen LogP contribution in [-0.2, 0) is 22.7 Å². The van der Waals surface area contributed by atoms with Crippen molar-refractivity contribution in [1.82, 2.24) is 0 Å². The number of ether oxygens (including phenoxy) is 3. The fraction of sp³-hybridized carbons (Fsp3) is 0.136. The van der Waals surface area contributed by atoms with Gasteiger partial charge in [-0.25, -0.2) is 9.18 Å². The van der Waals surface area contributed by atoms with Gasteiger partial charge in [-0.1, -0.05) is 36.4 Å². The van der Waals surface area contributed by atoms with Crippen LogP contribution in [0.4, 0.5) is 10.1 Å². The maximum Gasteiger partial charge on any atom is 0.338 e. The minimum atomic E-state index is -0.761. The van der Waals surface area contributed by atoms with Crippen molar-refractivity contribution in [1.29, 1.82) is 0 Å². The predicted octanol–water partition coefficient (Wildman–Crippen LogP) is 4.70. The standard InChI is InChI=1S/C22H16FNO6/c23-18-9-16(12-28-21(25)15-7-4-8-19(11-15)24(26)27)20-17(10-18)13-29-22(30-20)14-5-2-1-3-6-14/h1-11,22H,12-13H2/t22-/m0/s1. The second kappa shape index (κ2) is 8.30. The Balaban J connectivity index is 1.54. The average Bonchev–Trinajstić information content (AvgIpc) is 2.77. The normalized spacial score (nSPS) is 15.0. The van der Waals surface area contributed by atoms with E-state index in [1.54, 1.807) is 0 Å². The van der Waals surface area contributed by atoms with E-state index < -0.39 is 23.0 Å². The van der Waals surface area contributed by atoms with Crippen molar-refractivity contribution in [3.8, 4) is 5.75 Å². The van der Waals surface area contributed by atoms with Gasteiger partial charge in [-0.2, -0.15) is 0 Å². The van der Waals surface area contributed by atoms with Crippen LogP contribution < -0.4 is 4.74 Å². The molecule has 8 heteroatoms. The van der Waals surface area contributed by atoms with Gasteiger partial charge in [0.25, 0.3) is 5.69 Å². The minimum Gasteiger partial charge on any atom is -0.460 e. The van der Waals surface area contributed by atoms with Gasteiger partial charge in [0.1, 0.15) is 18.2 Å². The number of nitro benzene ring substituents is 1. The summed E-state index contributed by atoms with van der Waals surface area (Å²) in [5, 5.41) is 10.9. The summed E-state index contributed by atoms with van der Waals surface area (Å²) in [6, 6.07) is 17.0. The second-order valence-electron chi connectivity index (χ2n) is 6.61. The number of carbonyl (C=O) groups is 1. The molecule has 0 unspecified atom stereocenters. The molecule has 1 atom stereocenters. The quantitative estimate of drug-likeness (QED) is 0.345. The molecule has 0 spiro atoms. The predicted molar refractivity (Wildman–Crippen MR) is 103 cm³/mol. The number of nitrogens with zero attached hydrogens (tertiary/aromatic N) is 1. The maximum atomic E-state index is 14.0. The highest BCUT2D eigenvalue weighted by atomic mass is 19.1. The van der Waals surface area contributed by atoms with E-state index in [2.05, 4.69) is 0 Å². The third-order valence-electron chi connectivity index (χ3n) is 4.55. The number of carbonyl (C=O) groups excluding carboxylic acids is 1. The van der Waals surface area contributed by atoms with E-state index in [0.29, 0.717) is 16.9 Å². The van der Waals surface area contributed by atoms with Gasteiger partial charge in [-0.15, -0.1) is 0 Å². The summed E-state index contributed by atoms with van der Waals surface area (Å²) in [4.78, 5) is 22.6. The third kappa shape index (κ3) is 4.13. The Morgan fingerprint density at radius 3 is 2.70 bits per heavy atom. The van der Waals surface area contributed by atoms with E-state index in [9.17, 15) is 19.3 Å². The zero-order chi connectivity index (χ0) is 21.1. The first kappa shape index (κ1) is 19.5. The summed E-state index contributed by atoms with van der Waals surface area (Å²) in [5.74, 6) is -0.882. The van der Waals surface area contributed by atoms with Gasteiger partial charge >= 0.3 is 5.97 Å². The van der Waals surface area contributed by atoms with Crippen molar-refractivity contribution in [3.05, 3.63) is 105 Å². The third-order valence-corrected chi connectivity index (χ3v) is 4.55. The molecule has 0 N–H and O–H groups in total. The molecule has 0 aliphatic carbocycles. The molecule has 1 aliphatic rings. The molecule has 0 radical (unpaired) electrons. The zero-order valence-corrected chi connectivity index (χ0v) is 15.6. The van der Waals surface area contributed by atoms with Crippen molar-refractivity contribution in [2.45, 2.75) is 19.5 Å². The molecule has 1 heterocycles. The molecule has 7 nitrogen and oxygen atoms in total. The molecule has 3 aromatic rings. The summed E-state index contributed by atoms with van der Waals surface area (Å²) in [6.07, 6.45) is -0.671. The highest BCUT2D eigenvalue weighted by Gasteiger charge is 2.26. The van der Waals surface area contributed by atoms with Gasteiger partial charge in [-0.3, -0.25) is 10.1 Å². The van der Waals surface area contributed by atoms with E-state index in [-0.39, 0.29) is 24.5 Å². The summed E-state index contributed by atoms with van der Waals surface area (Å²) in [6.45, 7) is -0.123. The lowest BCUT2D eigenvalue weighted by molar-refractivity contribution is -0.384. The molecule has 0 amide bonds. The van der Waals surface area contributed by atoms with Gasteiger partial charge in [0.05, 0.1) is 17.1 Å². The molecule has 4 rings (SSSR count). The number of halogens is 1. The Morgan fingerprint density at radius 1 is 1.13 bits per heavy atom. The Labute approximate surface area is 170 Å². The fourth-order valence-electron chi connectivity index (χ4n) is 3.13. The van der Waals surface area contributed by atoms with Crippen LogP contribution >= 0.6 is 0 Å². The lowest BCUT2D eigenvalue weighted by Crippen LogP contribution is -2.20. The van der Waals surface area contributed by atoms with Crippen LogP contribution in [0.15, 0.2) is 66.7 Å². The Hall–Kier alpha value is -3.78. The highest BCUT2D eigenvalue weighted by molar-refractivity contribution is 5.90. The molecule has 0 saturated carbocycles. The first-order chi connectivity index (χ1) is 14.5. The van der Waals surface area contributed by atoms with E-state index in [1.165, 1.54) is 30.3 Å². The van der Waals surface area contributed by atoms with Crippen LogP contribution in [0.3, 0.4) is 0 Å². The molecular formula is C22H16FNO6. The Bertz CT molecular complexity index is 1100. The molecule has 152 valence electrons. The van der Waals surface area contributed by atoms with Crippen LogP contribution in [0.25, 0.3) is 0 Å². The SMILES string of the molecule is O=C(OCc1cc(F)cc2c1O[C@@H](c1ccccc1)OC2)c1cccc([N+](=O)[O-])c1. The minimum absolute atomic E-state index is 0.0286. The number of rotatable bonds is 5.